The Morgan fingerprint density at radius 3 is 2.50 bits per heavy atom. The summed E-state index contributed by atoms with van der Waals surface area (Å²) in [6.45, 7) is 1.44. The number of hydrazine groups is 2. The number of rotatable bonds is 3. The van der Waals surface area contributed by atoms with E-state index in [1.165, 1.54) is 6.92 Å². The highest BCUT2D eigenvalue weighted by Gasteiger charge is 2.16. The van der Waals surface area contributed by atoms with E-state index in [4.69, 9.17) is 17.4 Å². The van der Waals surface area contributed by atoms with Gasteiger partial charge in [0, 0.05) is 0 Å². The zero-order valence-corrected chi connectivity index (χ0v) is 6.13. The standard InChI is InChI=1S/C4H8ClN3O2/c1-3(5)4(10)8(2-9)7-6/h2-3,7H,6H2,1H3. The van der Waals surface area contributed by atoms with Gasteiger partial charge in [0.2, 0.25) is 6.41 Å². The smallest absolute Gasteiger partial charge is 0.262 e. The van der Waals surface area contributed by atoms with E-state index in [1.807, 2.05) is 5.53 Å². The number of nitrogens with two attached hydrogens (primary N) is 1. The van der Waals surface area contributed by atoms with Crippen LogP contribution in [0.2, 0.25) is 0 Å². The molecule has 0 saturated carbocycles. The van der Waals surface area contributed by atoms with Crippen molar-refractivity contribution in [2.75, 3.05) is 0 Å². The molecule has 1 atom stereocenters. The van der Waals surface area contributed by atoms with Gasteiger partial charge in [0.25, 0.3) is 5.91 Å². The van der Waals surface area contributed by atoms with Gasteiger partial charge in [0.1, 0.15) is 5.38 Å². The van der Waals surface area contributed by atoms with Gasteiger partial charge in [-0.15, -0.1) is 11.6 Å². The molecule has 5 nitrogen and oxygen atoms in total. The third-order valence-electron chi connectivity index (χ3n) is 0.822. The van der Waals surface area contributed by atoms with Gasteiger partial charge < -0.3 is 0 Å². The maximum Gasteiger partial charge on any atom is 0.262 e. The molecule has 0 fully saturated rings. The Labute approximate surface area is 63.1 Å². The van der Waals surface area contributed by atoms with E-state index < -0.39 is 11.3 Å². The molecule has 0 radical (unpaired) electrons. The average Bonchev–Trinajstić information content (AvgIpc) is 1.90. The predicted molar refractivity (Wildman–Crippen MR) is 35.5 cm³/mol. The van der Waals surface area contributed by atoms with Gasteiger partial charge in [-0.05, 0) is 6.92 Å². The monoisotopic (exact) mass is 165 g/mol. The number of hydrogen-bond donors (Lipinski definition) is 2. The van der Waals surface area contributed by atoms with Crippen LogP contribution in [0, 0.1) is 0 Å². The summed E-state index contributed by atoms with van der Waals surface area (Å²) in [5, 5.41) is -0.196. The lowest BCUT2D eigenvalue weighted by atomic mass is 10.4. The van der Waals surface area contributed by atoms with Crippen molar-refractivity contribution in [3.63, 3.8) is 0 Å². The van der Waals surface area contributed by atoms with Gasteiger partial charge in [0.15, 0.2) is 0 Å². The van der Waals surface area contributed by atoms with Crippen LogP contribution in [0.5, 0.6) is 0 Å². The third-order valence-corrected chi connectivity index (χ3v) is 1.01. The second-order valence-corrected chi connectivity index (χ2v) is 2.21. The lowest BCUT2D eigenvalue weighted by Crippen LogP contribution is -2.48. The summed E-state index contributed by atoms with van der Waals surface area (Å²) in [7, 11) is 0. The minimum Gasteiger partial charge on any atom is -0.277 e. The SMILES string of the molecule is CC(Cl)C(=O)N(C=O)NN. The van der Waals surface area contributed by atoms with Crippen molar-refractivity contribution in [2.24, 2.45) is 5.84 Å². The van der Waals surface area contributed by atoms with Crippen LogP contribution < -0.4 is 11.4 Å². The first kappa shape index (κ1) is 9.35. The summed E-state index contributed by atoms with van der Waals surface area (Å²) in [5.41, 5.74) is 1.86. The number of nitrogens with one attached hydrogen (secondary N) is 1. The van der Waals surface area contributed by atoms with Crippen LogP contribution in [-0.2, 0) is 9.59 Å². The molecule has 0 rings (SSSR count). The highest BCUT2D eigenvalue weighted by Crippen LogP contribution is 1.95. The number of carbonyl (C=O) groups excluding carboxylic acids is 2. The molecule has 0 aliphatic rings. The number of hydrogen-bond acceptors (Lipinski definition) is 4. The molecule has 58 valence electrons. The molecule has 6 heteroatoms. The fourth-order valence-electron chi connectivity index (χ4n) is 0.338. The number of imide groups is 1. The van der Waals surface area contributed by atoms with Crippen molar-refractivity contribution >= 4 is 23.9 Å². The second-order valence-electron chi connectivity index (χ2n) is 1.56. The van der Waals surface area contributed by atoms with Crippen molar-refractivity contribution in [1.29, 1.82) is 0 Å². The highest BCUT2D eigenvalue weighted by atomic mass is 35.5. The van der Waals surface area contributed by atoms with Gasteiger partial charge in [-0.1, -0.05) is 0 Å². The van der Waals surface area contributed by atoms with E-state index in [9.17, 15) is 9.59 Å². The molecule has 0 heterocycles. The summed E-state index contributed by atoms with van der Waals surface area (Å²) >= 11 is 5.33. The van der Waals surface area contributed by atoms with Crippen molar-refractivity contribution < 1.29 is 9.59 Å². The topological polar surface area (TPSA) is 75.4 Å². The van der Waals surface area contributed by atoms with Crippen LogP contribution in [0.1, 0.15) is 6.92 Å². The van der Waals surface area contributed by atoms with Crippen LogP contribution in [0.25, 0.3) is 0 Å². The summed E-state index contributed by atoms with van der Waals surface area (Å²) in [6.07, 6.45) is 0.251. The third kappa shape index (κ3) is 2.30. The molecular formula is C4H8ClN3O2. The molecule has 0 bridgehead atoms. The van der Waals surface area contributed by atoms with Crippen molar-refractivity contribution in [3.8, 4) is 0 Å². The van der Waals surface area contributed by atoms with E-state index in [0.717, 1.165) is 0 Å². The number of amides is 2. The Hall–Kier alpha value is -0.650. The van der Waals surface area contributed by atoms with Crippen molar-refractivity contribution in [2.45, 2.75) is 12.3 Å². The molecule has 0 spiro atoms. The summed E-state index contributed by atoms with van der Waals surface area (Å²) in [6, 6.07) is 0. The van der Waals surface area contributed by atoms with Crippen LogP contribution in [0.4, 0.5) is 0 Å². The van der Waals surface area contributed by atoms with Gasteiger partial charge in [-0.25, -0.2) is 5.01 Å². The predicted octanol–water partition coefficient (Wildman–Crippen LogP) is -1.02. The first-order chi connectivity index (χ1) is 4.63. The molecular weight excluding hydrogens is 158 g/mol. The zero-order chi connectivity index (χ0) is 8.15. The first-order valence-corrected chi connectivity index (χ1v) is 2.95. The fraction of sp³-hybridized carbons (Fsp3) is 0.500. The summed E-state index contributed by atoms with van der Waals surface area (Å²) in [4.78, 5) is 20.7. The van der Waals surface area contributed by atoms with Gasteiger partial charge in [-0.3, -0.25) is 15.4 Å². The second kappa shape index (κ2) is 4.21. The molecule has 0 aromatic heterocycles. The molecule has 0 aliphatic heterocycles. The van der Waals surface area contributed by atoms with Gasteiger partial charge in [0.05, 0.1) is 0 Å². The summed E-state index contributed by atoms with van der Waals surface area (Å²) < 4.78 is 0. The van der Waals surface area contributed by atoms with Crippen LogP contribution in [0.3, 0.4) is 0 Å². The molecule has 10 heavy (non-hydrogen) atoms. The highest BCUT2D eigenvalue weighted by molar-refractivity contribution is 6.30. The minimum absolute atomic E-state index is 0.251. The molecule has 1 unspecified atom stereocenters. The van der Waals surface area contributed by atoms with Gasteiger partial charge in [-0.2, -0.15) is 5.53 Å². The Bertz CT molecular complexity index is 138. The van der Waals surface area contributed by atoms with Crippen LogP contribution in [-0.4, -0.2) is 22.7 Å². The maximum absolute atomic E-state index is 10.7. The maximum atomic E-state index is 10.7. The molecule has 0 aromatic rings. The van der Waals surface area contributed by atoms with E-state index >= 15 is 0 Å². The van der Waals surface area contributed by atoms with E-state index in [0.29, 0.717) is 5.01 Å². The van der Waals surface area contributed by atoms with E-state index in [-0.39, 0.29) is 6.41 Å². The fourth-order valence-corrected chi connectivity index (χ4v) is 0.443. The Kier molecular flexibility index (Phi) is 3.94. The molecule has 0 aromatic carbocycles. The van der Waals surface area contributed by atoms with Crippen molar-refractivity contribution in [3.05, 3.63) is 0 Å². The normalized spacial score (nSPS) is 12.3. The van der Waals surface area contributed by atoms with Gasteiger partial charge >= 0.3 is 0 Å². The van der Waals surface area contributed by atoms with Crippen molar-refractivity contribution in [1.82, 2.24) is 10.5 Å². The first-order valence-electron chi connectivity index (χ1n) is 2.52. The summed E-state index contributed by atoms with van der Waals surface area (Å²) in [5.74, 6) is 4.20. The number of nitrogens with zero attached hydrogens (tertiary/aromatic N) is 1. The minimum atomic E-state index is -0.763. The van der Waals surface area contributed by atoms with E-state index in [2.05, 4.69) is 0 Å². The Morgan fingerprint density at radius 2 is 2.40 bits per heavy atom. The van der Waals surface area contributed by atoms with Crippen LogP contribution in [0.15, 0.2) is 0 Å². The average molecular weight is 166 g/mol. The molecule has 0 aliphatic carbocycles. The van der Waals surface area contributed by atoms with E-state index in [1.54, 1.807) is 0 Å². The lowest BCUT2D eigenvalue weighted by molar-refractivity contribution is -0.141. The quantitative estimate of drug-likeness (QED) is 0.243. The number of halogens is 1. The Morgan fingerprint density at radius 1 is 1.90 bits per heavy atom. The molecule has 0 saturated heterocycles. The number of carbonyl (C=O) groups is 2. The Balaban J connectivity index is 4.02. The lowest BCUT2D eigenvalue weighted by Gasteiger charge is -2.13. The number of alkyl halides is 1. The molecule has 2 amide bonds. The van der Waals surface area contributed by atoms with Crippen LogP contribution >= 0.6 is 11.6 Å². The zero-order valence-electron chi connectivity index (χ0n) is 5.37. The largest absolute Gasteiger partial charge is 0.277 e. The molecule has 3 N–H and O–H groups in total.